The van der Waals surface area contributed by atoms with Gasteiger partial charge in [0, 0.05) is 61.6 Å². The summed E-state index contributed by atoms with van der Waals surface area (Å²) in [4.78, 5) is 31.5. The van der Waals surface area contributed by atoms with Crippen LogP contribution in [0.4, 0.5) is 11.4 Å². The fourth-order valence-corrected chi connectivity index (χ4v) is 6.35. The van der Waals surface area contributed by atoms with Gasteiger partial charge in [-0.2, -0.15) is 0 Å². The summed E-state index contributed by atoms with van der Waals surface area (Å²) in [5, 5.41) is 6.02. The number of carbonyl (C=O) groups is 2. The standard InChI is InChI=1S/C25H37N5O2/c1-25(2,18-8-11-26-12-9-18)29-16-14-28(15-17-29)20-4-3-5-21-19(20)10-13-30(21)22-6-7-23(31)27-24(22)32/h3-5,18,22,26H,6-17H2,1-2H3,(H,27,31,32). The second-order valence-corrected chi connectivity index (χ2v) is 10.3. The molecular formula is C25H37N5O2. The van der Waals surface area contributed by atoms with E-state index in [0.29, 0.717) is 12.8 Å². The van der Waals surface area contributed by atoms with E-state index in [1.165, 1.54) is 29.8 Å². The lowest BCUT2D eigenvalue weighted by Crippen LogP contribution is -2.58. The van der Waals surface area contributed by atoms with Crippen LogP contribution < -0.4 is 20.4 Å². The first-order valence-electron chi connectivity index (χ1n) is 12.4. The SMILES string of the molecule is CC(C)(C1CCNCC1)N1CCN(c2cccc3c2CCN3C2CCC(=O)NC2=O)CC1. The second-order valence-electron chi connectivity index (χ2n) is 10.3. The summed E-state index contributed by atoms with van der Waals surface area (Å²) in [5.74, 6) is 0.469. The van der Waals surface area contributed by atoms with Crippen molar-refractivity contribution in [2.45, 2.75) is 57.5 Å². The minimum Gasteiger partial charge on any atom is -0.369 e. The van der Waals surface area contributed by atoms with Gasteiger partial charge >= 0.3 is 0 Å². The number of piperidine rings is 2. The number of rotatable bonds is 4. The third kappa shape index (κ3) is 3.90. The molecule has 3 saturated heterocycles. The first-order chi connectivity index (χ1) is 15.4. The molecule has 0 aliphatic carbocycles. The van der Waals surface area contributed by atoms with E-state index in [1.54, 1.807) is 0 Å². The van der Waals surface area contributed by atoms with Crippen molar-refractivity contribution in [3.63, 3.8) is 0 Å². The molecule has 0 radical (unpaired) electrons. The third-order valence-electron chi connectivity index (χ3n) is 8.40. The fraction of sp³-hybridized carbons (Fsp3) is 0.680. The molecule has 174 valence electrons. The third-order valence-corrected chi connectivity index (χ3v) is 8.40. The molecule has 0 aromatic heterocycles. The van der Waals surface area contributed by atoms with E-state index in [0.717, 1.165) is 58.2 Å². The molecule has 2 amide bonds. The summed E-state index contributed by atoms with van der Waals surface area (Å²) in [6.45, 7) is 12.3. The summed E-state index contributed by atoms with van der Waals surface area (Å²) in [7, 11) is 0. The maximum atomic E-state index is 12.5. The Morgan fingerprint density at radius 1 is 0.906 bits per heavy atom. The molecule has 1 aromatic carbocycles. The van der Waals surface area contributed by atoms with E-state index in [1.807, 2.05) is 0 Å². The number of imide groups is 1. The van der Waals surface area contributed by atoms with Crippen molar-refractivity contribution in [2.24, 2.45) is 5.92 Å². The second kappa shape index (κ2) is 8.67. The van der Waals surface area contributed by atoms with E-state index in [2.05, 4.69) is 57.4 Å². The molecule has 7 nitrogen and oxygen atoms in total. The zero-order chi connectivity index (χ0) is 22.3. The van der Waals surface area contributed by atoms with Crippen LogP contribution in [-0.2, 0) is 16.0 Å². The van der Waals surface area contributed by atoms with Gasteiger partial charge in [0.2, 0.25) is 11.8 Å². The van der Waals surface area contributed by atoms with Crippen molar-refractivity contribution in [1.82, 2.24) is 15.5 Å². The van der Waals surface area contributed by atoms with Crippen LogP contribution in [-0.4, -0.2) is 74.1 Å². The summed E-state index contributed by atoms with van der Waals surface area (Å²) in [6.07, 6.45) is 4.55. The number of nitrogens with zero attached hydrogens (tertiary/aromatic N) is 3. The van der Waals surface area contributed by atoms with E-state index < -0.39 is 0 Å². The minimum atomic E-state index is -0.230. The highest BCUT2D eigenvalue weighted by Gasteiger charge is 2.39. The number of fused-ring (bicyclic) bond motifs is 1. The maximum absolute atomic E-state index is 12.5. The monoisotopic (exact) mass is 439 g/mol. The van der Waals surface area contributed by atoms with Crippen LogP contribution in [0.3, 0.4) is 0 Å². The lowest BCUT2D eigenvalue weighted by molar-refractivity contribution is -0.134. The quantitative estimate of drug-likeness (QED) is 0.697. The van der Waals surface area contributed by atoms with Gasteiger partial charge in [0.05, 0.1) is 0 Å². The summed E-state index contributed by atoms with van der Waals surface area (Å²) < 4.78 is 0. The lowest BCUT2D eigenvalue weighted by atomic mass is 9.79. The van der Waals surface area contributed by atoms with Crippen molar-refractivity contribution in [2.75, 3.05) is 55.6 Å². The normalized spacial score (nSPS) is 25.8. The highest BCUT2D eigenvalue weighted by Crippen LogP contribution is 2.39. The first-order valence-corrected chi connectivity index (χ1v) is 12.4. The number of hydrogen-bond donors (Lipinski definition) is 2. The topological polar surface area (TPSA) is 67.9 Å². The average molecular weight is 440 g/mol. The number of benzene rings is 1. The number of nitrogens with one attached hydrogen (secondary N) is 2. The van der Waals surface area contributed by atoms with Gasteiger partial charge in [-0.3, -0.25) is 19.8 Å². The molecule has 1 unspecified atom stereocenters. The molecule has 32 heavy (non-hydrogen) atoms. The van der Waals surface area contributed by atoms with Gasteiger partial charge in [-0.05, 0) is 70.7 Å². The Kier molecular flexibility index (Phi) is 5.88. The maximum Gasteiger partial charge on any atom is 0.249 e. The molecule has 5 rings (SSSR count). The van der Waals surface area contributed by atoms with Crippen molar-refractivity contribution in [1.29, 1.82) is 0 Å². The minimum absolute atomic E-state index is 0.145. The zero-order valence-corrected chi connectivity index (χ0v) is 19.5. The number of piperazine rings is 1. The average Bonchev–Trinajstić information content (AvgIpc) is 3.24. The molecule has 4 aliphatic heterocycles. The van der Waals surface area contributed by atoms with Gasteiger partial charge in [0.1, 0.15) is 6.04 Å². The van der Waals surface area contributed by atoms with Crippen LogP contribution in [0.15, 0.2) is 18.2 Å². The Bertz CT molecular complexity index is 871. The Morgan fingerprint density at radius 3 is 2.34 bits per heavy atom. The molecule has 7 heteroatoms. The largest absolute Gasteiger partial charge is 0.369 e. The predicted molar refractivity (Wildman–Crippen MR) is 127 cm³/mol. The molecule has 1 aromatic rings. The molecule has 4 aliphatic rings. The predicted octanol–water partition coefficient (Wildman–Crippen LogP) is 1.75. The van der Waals surface area contributed by atoms with E-state index in [-0.39, 0.29) is 23.4 Å². The molecular weight excluding hydrogens is 402 g/mol. The van der Waals surface area contributed by atoms with Crippen LogP contribution in [0.1, 0.15) is 45.1 Å². The van der Waals surface area contributed by atoms with Crippen LogP contribution in [0.2, 0.25) is 0 Å². The fourth-order valence-electron chi connectivity index (χ4n) is 6.35. The highest BCUT2D eigenvalue weighted by atomic mass is 16.2. The number of amides is 2. The number of hydrogen-bond acceptors (Lipinski definition) is 6. The van der Waals surface area contributed by atoms with Crippen molar-refractivity contribution < 1.29 is 9.59 Å². The van der Waals surface area contributed by atoms with Gasteiger partial charge in [-0.15, -0.1) is 0 Å². The van der Waals surface area contributed by atoms with Crippen LogP contribution in [0.5, 0.6) is 0 Å². The summed E-state index contributed by atoms with van der Waals surface area (Å²) >= 11 is 0. The van der Waals surface area contributed by atoms with Crippen molar-refractivity contribution >= 4 is 23.2 Å². The van der Waals surface area contributed by atoms with Gasteiger partial charge < -0.3 is 15.1 Å². The smallest absolute Gasteiger partial charge is 0.249 e. The summed E-state index contributed by atoms with van der Waals surface area (Å²) in [5.41, 5.74) is 4.12. The first kappa shape index (κ1) is 21.7. The van der Waals surface area contributed by atoms with Crippen LogP contribution in [0, 0.1) is 5.92 Å². The van der Waals surface area contributed by atoms with Gasteiger partial charge in [0.25, 0.3) is 0 Å². The Hall–Kier alpha value is -2.12. The van der Waals surface area contributed by atoms with E-state index >= 15 is 0 Å². The molecule has 2 N–H and O–H groups in total. The van der Waals surface area contributed by atoms with Crippen LogP contribution in [0.25, 0.3) is 0 Å². The zero-order valence-electron chi connectivity index (χ0n) is 19.5. The highest BCUT2D eigenvalue weighted by molar-refractivity contribution is 6.02. The molecule has 0 bridgehead atoms. The Morgan fingerprint density at radius 2 is 1.62 bits per heavy atom. The number of carbonyl (C=O) groups excluding carboxylic acids is 2. The van der Waals surface area contributed by atoms with E-state index in [9.17, 15) is 9.59 Å². The van der Waals surface area contributed by atoms with E-state index in [4.69, 9.17) is 0 Å². The van der Waals surface area contributed by atoms with Crippen molar-refractivity contribution in [3.8, 4) is 0 Å². The molecule has 3 fully saturated rings. The molecule has 4 heterocycles. The number of anilines is 2. The van der Waals surface area contributed by atoms with Crippen molar-refractivity contribution in [3.05, 3.63) is 23.8 Å². The molecule has 0 spiro atoms. The Balaban J connectivity index is 1.28. The molecule has 0 saturated carbocycles. The van der Waals surface area contributed by atoms with Crippen LogP contribution >= 0.6 is 0 Å². The Labute approximate surface area is 191 Å². The molecule has 1 atom stereocenters. The van der Waals surface area contributed by atoms with Gasteiger partial charge in [0.15, 0.2) is 0 Å². The summed E-state index contributed by atoms with van der Waals surface area (Å²) in [6, 6.07) is 6.29. The van der Waals surface area contributed by atoms with Gasteiger partial charge in [-0.1, -0.05) is 6.07 Å². The lowest BCUT2D eigenvalue weighted by Gasteiger charge is -2.49. The van der Waals surface area contributed by atoms with Gasteiger partial charge in [-0.25, -0.2) is 0 Å².